The molecule has 0 aromatic heterocycles. The number of hydrogen-bond donors (Lipinski definition) is 1. The van der Waals surface area contributed by atoms with Gasteiger partial charge in [0.1, 0.15) is 5.75 Å². The van der Waals surface area contributed by atoms with Gasteiger partial charge in [-0.3, -0.25) is 4.90 Å². The smallest absolute Gasteiger partial charge is 0.406 e. The van der Waals surface area contributed by atoms with Crippen LogP contribution in [-0.2, 0) is 6.54 Å². The average Bonchev–Trinajstić information content (AvgIpc) is 2.42. The number of rotatable bonds is 4. The number of likely N-dealkylation sites (tertiary alicyclic amines) is 1. The number of halogens is 3. The number of hydrogen-bond acceptors (Lipinski definition) is 4. The second kappa shape index (κ2) is 6.55. The summed E-state index contributed by atoms with van der Waals surface area (Å²) in [5, 5.41) is 8.76. The van der Waals surface area contributed by atoms with Crippen molar-refractivity contribution in [3.8, 4) is 11.8 Å². The van der Waals surface area contributed by atoms with Crippen LogP contribution in [0.3, 0.4) is 0 Å². The standard InChI is InChI=1S/C15H18F3N3O/c16-15(17,18)22-13-3-1-12(2-4-13)11-21-9-6-14(20,5-8-19)7-10-21/h1-4H,5-7,9-11,20H2. The molecule has 7 heteroatoms. The number of nitrogens with zero attached hydrogens (tertiary/aromatic N) is 2. The fourth-order valence-electron chi connectivity index (χ4n) is 2.55. The lowest BCUT2D eigenvalue weighted by molar-refractivity contribution is -0.274. The first-order chi connectivity index (χ1) is 10.3. The predicted octanol–water partition coefficient (Wildman–Crippen LogP) is 2.79. The third kappa shape index (κ3) is 4.90. The Bertz CT molecular complexity index is 528. The second-order valence-corrected chi connectivity index (χ2v) is 5.67. The van der Waals surface area contributed by atoms with Crippen molar-refractivity contribution in [3.63, 3.8) is 0 Å². The zero-order chi connectivity index (χ0) is 16.2. The van der Waals surface area contributed by atoms with Gasteiger partial charge in [-0.25, -0.2) is 0 Å². The van der Waals surface area contributed by atoms with Gasteiger partial charge in [0.15, 0.2) is 0 Å². The molecule has 1 aliphatic heterocycles. The number of nitriles is 1. The number of ether oxygens (including phenoxy) is 1. The lowest BCUT2D eigenvalue weighted by Gasteiger charge is -2.37. The van der Waals surface area contributed by atoms with E-state index in [9.17, 15) is 13.2 Å². The monoisotopic (exact) mass is 313 g/mol. The molecule has 2 rings (SSSR count). The lowest BCUT2D eigenvalue weighted by atomic mass is 9.86. The predicted molar refractivity (Wildman–Crippen MR) is 74.8 cm³/mol. The van der Waals surface area contributed by atoms with Gasteiger partial charge in [0, 0.05) is 25.2 Å². The first-order valence-corrected chi connectivity index (χ1v) is 7.03. The molecule has 0 amide bonds. The summed E-state index contributed by atoms with van der Waals surface area (Å²) >= 11 is 0. The summed E-state index contributed by atoms with van der Waals surface area (Å²) in [6.45, 7) is 2.20. The number of alkyl halides is 3. The molecule has 1 aliphatic rings. The maximum absolute atomic E-state index is 12.1. The Kier molecular flexibility index (Phi) is 4.94. The topological polar surface area (TPSA) is 62.3 Å². The molecule has 1 fully saturated rings. The van der Waals surface area contributed by atoms with Crippen LogP contribution in [0.1, 0.15) is 24.8 Å². The third-order valence-electron chi connectivity index (χ3n) is 3.85. The van der Waals surface area contributed by atoms with Gasteiger partial charge < -0.3 is 10.5 Å². The molecule has 2 N–H and O–H groups in total. The van der Waals surface area contributed by atoms with E-state index in [1.807, 2.05) is 0 Å². The molecular weight excluding hydrogens is 295 g/mol. The largest absolute Gasteiger partial charge is 0.573 e. The van der Waals surface area contributed by atoms with Crippen LogP contribution in [0.5, 0.6) is 5.75 Å². The van der Waals surface area contributed by atoms with E-state index in [0.29, 0.717) is 13.0 Å². The Morgan fingerprint density at radius 3 is 2.32 bits per heavy atom. The molecule has 4 nitrogen and oxygen atoms in total. The van der Waals surface area contributed by atoms with Crippen molar-refractivity contribution in [1.29, 1.82) is 5.26 Å². The minimum Gasteiger partial charge on any atom is -0.406 e. The highest BCUT2D eigenvalue weighted by Gasteiger charge is 2.31. The summed E-state index contributed by atoms with van der Waals surface area (Å²) in [4.78, 5) is 2.18. The molecule has 0 bridgehead atoms. The van der Waals surface area contributed by atoms with E-state index in [1.165, 1.54) is 12.1 Å². The molecule has 120 valence electrons. The zero-order valence-corrected chi connectivity index (χ0v) is 12.1. The van der Waals surface area contributed by atoms with E-state index >= 15 is 0 Å². The fraction of sp³-hybridized carbons (Fsp3) is 0.533. The summed E-state index contributed by atoms with van der Waals surface area (Å²) in [6.07, 6.45) is -2.82. The molecule has 0 unspecified atom stereocenters. The molecule has 1 aromatic carbocycles. The highest BCUT2D eigenvalue weighted by Crippen LogP contribution is 2.25. The first kappa shape index (κ1) is 16.6. The van der Waals surface area contributed by atoms with Crippen LogP contribution in [0.15, 0.2) is 24.3 Å². The van der Waals surface area contributed by atoms with Crippen LogP contribution in [0.2, 0.25) is 0 Å². The number of benzene rings is 1. The van der Waals surface area contributed by atoms with Crippen LogP contribution < -0.4 is 10.5 Å². The van der Waals surface area contributed by atoms with E-state index in [2.05, 4.69) is 15.7 Å². The Labute approximate surface area is 127 Å². The summed E-state index contributed by atoms with van der Waals surface area (Å²) in [7, 11) is 0. The van der Waals surface area contributed by atoms with Crippen molar-refractivity contribution in [3.05, 3.63) is 29.8 Å². The van der Waals surface area contributed by atoms with Gasteiger partial charge in [0.25, 0.3) is 0 Å². The van der Waals surface area contributed by atoms with Gasteiger partial charge in [-0.1, -0.05) is 12.1 Å². The molecule has 1 aromatic rings. The van der Waals surface area contributed by atoms with Gasteiger partial charge in [-0.15, -0.1) is 13.2 Å². The maximum Gasteiger partial charge on any atom is 0.573 e. The van der Waals surface area contributed by atoms with Gasteiger partial charge in [0.05, 0.1) is 12.5 Å². The number of piperidine rings is 1. The summed E-state index contributed by atoms with van der Waals surface area (Å²) in [5.74, 6) is -0.218. The number of nitrogens with two attached hydrogens (primary N) is 1. The molecular formula is C15H18F3N3O. The highest BCUT2D eigenvalue weighted by molar-refractivity contribution is 5.27. The Hall–Kier alpha value is -1.78. The van der Waals surface area contributed by atoms with Gasteiger partial charge in [-0.05, 0) is 30.5 Å². The van der Waals surface area contributed by atoms with E-state index in [4.69, 9.17) is 11.0 Å². The van der Waals surface area contributed by atoms with Crippen molar-refractivity contribution < 1.29 is 17.9 Å². The van der Waals surface area contributed by atoms with Crippen molar-refractivity contribution in [1.82, 2.24) is 4.90 Å². The molecule has 0 saturated carbocycles. The van der Waals surface area contributed by atoms with Crippen LogP contribution in [-0.4, -0.2) is 29.9 Å². The zero-order valence-electron chi connectivity index (χ0n) is 12.1. The highest BCUT2D eigenvalue weighted by atomic mass is 19.4. The second-order valence-electron chi connectivity index (χ2n) is 5.67. The van der Waals surface area contributed by atoms with Crippen LogP contribution in [0, 0.1) is 11.3 Å². The van der Waals surface area contributed by atoms with Crippen LogP contribution in [0.4, 0.5) is 13.2 Å². The fourth-order valence-corrected chi connectivity index (χ4v) is 2.55. The maximum atomic E-state index is 12.1. The SMILES string of the molecule is N#CCC1(N)CCN(Cc2ccc(OC(F)(F)F)cc2)CC1. The molecule has 0 atom stereocenters. The van der Waals surface area contributed by atoms with Crippen LogP contribution >= 0.6 is 0 Å². The molecule has 0 radical (unpaired) electrons. The van der Waals surface area contributed by atoms with E-state index in [0.717, 1.165) is 31.5 Å². The Balaban J connectivity index is 1.86. The van der Waals surface area contributed by atoms with E-state index in [-0.39, 0.29) is 5.75 Å². The Morgan fingerprint density at radius 1 is 1.23 bits per heavy atom. The molecule has 1 heterocycles. The summed E-state index contributed by atoms with van der Waals surface area (Å²) in [6, 6.07) is 8.00. The molecule has 0 spiro atoms. The van der Waals surface area contributed by atoms with Crippen LogP contribution in [0.25, 0.3) is 0 Å². The van der Waals surface area contributed by atoms with Crippen molar-refractivity contribution in [2.24, 2.45) is 5.73 Å². The lowest BCUT2D eigenvalue weighted by Crippen LogP contribution is -2.49. The quantitative estimate of drug-likeness (QED) is 0.928. The molecule has 22 heavy (non-hydrogen) atoms. The Morgan fingerprint density at radius 2 is 1.82 bits per heavy atom. The van der Waals surface area contributed by atoms with Gasteiger partial charge in [0.2, 0.25) is 0 Å². The average molecular weight is 313 g/mol. The van der Waals surface area contributed by atoms with Gasteiger partial charge in [-0.2, -0.15) is 5.26 Å². The van der Waals surface area contributed by atoms with Crippen molar-refractivity contribution in [2.75, 3.05) is 13.1 Å². The normalized spacial score (nSPS) is 18.7. The van der Waals surface area contributed by atoms with Crippen molar-refractivity contribution in [2.45, 2.75) is 37.7 Å². The van der Waals surface area contributed by atoms with Gasteiger partial charge >= 0.3 is 6.36 Å². The minimum atomic E-state index is -4.67. The minimum absolute atomic E-state index is 0.218. The van der Waals surface area contributed by atoms with E-state index in [1.54, 1.807) is 12.1 Å². The first-order valence-electron chi connectivity index (χ1n) is 7.03. The molecule has 0 aliphatic carbocycles. The summed E-state index contributed by atoms with van der Waals surface area (Å²) < 4.78 is 40.1. The summed E-state index contributed by atoms with van der Waals surface area (Å²) in [5.41, 5.74) is 6.64. The third-order valence-corrected chi connectivity index (χ3v) is 3.85. The van der Waals surface area contributed by atoms with Crippen molar-refractivity contribution >= 4 is 0 Å². The van der Waals surface area contributed by atoms with E-state index < -0.39 is 11.9 Å². The molecule has 1 saturated heterocycles.